The van der Waals surface area contributed by atoms with Crippen molar-refractivity contribution in [1.82, 2.24) is 0 Å². The van der Waals surface area contributed by atoms with Gasteiger partial charge in [-0.3, -0.25) is 0 Å². The van der Waals surface area contributed by atoms with Gasteiger partial charge in [0.15, 0.2) is 0 Å². The van der Waals surface area contributed by atoms with Crippen molar-refractivity contribution in [2.24, 2.45) is 0 Å². The smallest absolute Gasteiger partial charge is 0 e. The first-order valence-corrected chi connectivity index (χ1v) is 2.88. The molecule has 0 aromatic rings. The van der Waals surface area contributed by atoms with E-state index in [1.54, 1.807) is 0 Å². The normalized spacial score (nSPS) is 8.29. The van der Waals surface area contributed by atoms with Crippen LogP contribution in [0.25, 0.3) is 0 Å². The third-order valence-corrected chi connectivity index (χ3v) is 0. The van der Waals surface area contributed by atoms with Crippen LogP contribution in [0.15, 0.2) is 0 Å². The minimum Gasteiger partial charge on any atom is 0 e. The van der Waals surface area contributed by atoms with E-state index in [2.05, 4.69) is 0 Å². The number of hydrogen-bond donors (Lipinski definition) is 2. The van der Waals surface area contributed by atoms with Crippen molar-refractivity contribution in [2.75, 3.05) is 0 Å². The van der Waals surface area contributed by atoms with Crippen molar-refractivity contribution in [3.8, 4) is 0 Å². The molecule has 0 bridgehead atoms. The molecular formula is H2CrCuO4Zr. The minimum atomic E-state index is -5.25. The first kappa shape index (κ1) is 15.8. The summed E-state index contributed by atoms with van der Waals surface area (Å²) in [7, 11) is 0. The molecule has 0 aromatic carbocycles. The Bertz CT molecular complexity index is 94.9. The third-order valence-electron chi connectivity index (χ3n) is 0. The summed E-state index contributed by atoms with van der Waals surface area (Å²) in [5, 5.41) is 0. The van der Waals surface area contributed by atoms with Gasteiger partial charge in [-0.1, -0.05) is 0 Å². The van der Waals surface area contributed by atoms with Crippen LogP contribution < -0.4 is 0 Å². The van der Waals surface area contributed by atoms with Gasteiger partial charge >= 0.3 is 29.5 Å². The fourth-order valence-electron chi connectivity index (χ4n) is 0. The predicted molar refractivity (Wildman–Crippen MR) is 5.81 cm³/mol. The van der Waals surface area contributed by atoms with Crippen molar-refractivity contribution in [2.45, 2.75) is 0 Å². The van der Waals surface area contributed by atoms with Gasteiger partial charge in [-0.25, -0.2) is 0 Å². The van der Waals surface area contributed by atoms with E-state index in [1.807, 2.05) is 0 Å². The van der Waals surface area contributed by atoms with Crippen LogP contribution in [-0.4, -0.2) is 8.32 Å². The van der Waals surface area contributed by atoms with Gasteiger partial charge in [0.1, 0.15) is 0 Å². The standard InChI is InChI=1S/Cr.Cu.2H2O.2O.Zr/h;;2*1H2;;;/q+2;;;;;;/p-2. The monoisotopic (exact) mass is 271 g/mol. The summed E-state index contributed by atoms with van der Waals surface area (Å²) in [5.41, 5.74) is 0. The van der Waals surface area contributed by atoms with Gasteiger partial charge in [0.2, 0.25) is 0 Å². The topological polar surface area (TPSA) is 74.6 Å². The first-order valence-electron chi connectivity index (χ1n) is 0.698. The molecule has 1 radical (unpaired) electrons. The molecule has 0 saturated heterocycles. The number of rotatable bonds is 0. The molecule has 0 aliphatic heterocycles. The molecule has 0 unspecified atom stereocenters. The Balaban J connectivity index is -0.0000000800. The van der Waals surface area contributed by atoms with Gasteiger partial charge in [0.25, 0.3) is 0 Å². The Kier molecular flexibility index (Phi) is 12.6. The van der Waals surface area contributed by atoms with Crippen molar-refractivity contribution < 1.29 is 72.8 Å². The molecule has 0 aliphatic rings. The van der Waals surface area contributed by atoms with E-state index in [4.69, 9.17) is 15.9 Å². The van der Waals surface area contributed by atoms with Crippen LogP contribution in [0.1, 0.15) is 0 Å². The van der Waals surface area contributed by atoms with E-state index in [0.29, 0.717) is 0 Å². The van der Waals surface area contributed by atoms with Crippen LogP contribution in [0.5, 0.6) is 0 Å². The quantitative estimate of drug-likeness (QED) is 0.534. The van der Waals surface area contributed by atoms with E-state index in [0.717, 1.165) is 0 Å². The summed E-state index contributed by atoms with van der Waals surface area (Å²) in [4.78, 5) is 0. The van der Waals surface area contributed by atoms with Gasteiger partial charge in [0, 0.05) is 43.3 Å². The average molecular weight is 273 g/mol. The van der Waals surface area contributed by atoms with Crippen LogP contribution in [0.4, 0.5) is 0 Å². The molecule has 2 N–H and O–H groups in total. The maximum Gasteiger partial charge on any atom is 0 e. The maximum absolute atomic E-state index is 8.82. The van der Waals surface area contributed by atoms with E-state index >= 15 is 0 Å². The van der Waals surface area contributed by atoms with Gasteiger partial charge in [-0.15, -0.1) is 0 Å². The van der Waals surface area contributed by atoms with Crippen LogP contribution in [0.3, 0.4) is 0 Å². The molecule has 7 heavy (non-hydrogen) atoms. The molecule has 7 heteroatoms. The molecule has 0 aliphatic carbocycles. The molecule has 0 aromatic heterocycles. The predicted octanol–water partition coefficient (Wildman–Crippen LogP) is -1.36. The minimum absolute atomic E-state index is 0. The summed E-state index contributed by atoms with van der Waals surface area (Å²) in [6, 6.07) is 0. The van der Waals surface area contributed by atoms with Crippen LogP contribution in [0.2, 0.25) is 0 Å². The molecule has 0 rings (SSSR count). The second-order valence-electron chi connectivity index (χ2n) is 0.448. The summed E-state index contributed by atoms with van der Waals surface area (Å²) in [5.74, 6) is 0. The van der Waals surface area contributed by atoms with Gasteiger partial charge in [0.05, 0.1) is 0 Å². The largest absolute Gasteiger partial charge is 0 e. The Hall–Kier alpha value is 1.46. The number of hydrogen-bond acceptors (Lipinski definition) is 2. The molecule has 0 heterocycles. The van der Waals surface area contributed by atoms with Crippen LogP contribution in [0, 0.1) is 0 Å². The maximum atomic E-state index is 8.82. The zero-order chi connectivity index (χ0) is 4.50. The van der Waals surface area contributed by atoms with Gasteiger partial charge in [-0.05, 0) is 0 Å². The Morgan fingerprint density at radius 1 is 1.14 bits per heavy atom. The van der Waals surface area contributed by atoms with Crippen molar-refractivity contribution in [1.29, 1.82) is 0 Å². The molecular weight excluding hydrogens is 271 g/mol. The molecule has 4 nitrogen and oxygen atoms in total. The summed E-state index contributed by atoms with van der Waals surface area (Å²) >= 11 is -5.25. The van der Waals surface area contributed by atoms with E-state index in [9.17, 15) is 0 Å². The molecule has 0 spiro atoms. The first-order chi connectivity index (χ1) is 2.00. The van der Waals surface area contributed by atoms with Gasteiger partial charge in [-0.2, -0.15) is 0 Å². The SMILES string of the molecule is [Cu].[O]=[Cr](=[O])([OH])[OH].[Zr]. The summed E-state index contributed by atoms with van der Waals surface area (Å²) in [6.07, 6.45) is 0. The van der Waals surface area contributed by atoms with Crippen molar-refractivity contribution in [3.05, 3.63) is 0 Å². The molecule has 0 fully saturated rings. The zero-order valence-corrected chi connectivity index (χ0v) is 7.60. The average Bonchev–Trinajstić information content (AvgIpc) is 0.722. The Morgan fingerprint density at radius 3 is 1.14 bits per heavy atom. The van der Waals surface area contributed by atoms with Crippen molar-refractivity contribution >= 4 is 0 Å². The second kappa shape index (κ2) is 5.59. The van der Waals surface area contributed by atoms with E-state index in [1.165, 1.54) is 0 Å². The van der Waals surface area contributed by atoms with Crippen LogP contribution >= 0.6 is 0 Å². The molecule has 0 atom stereocenters. The Morgan fingerprint density at radius 2 is 1.14 bits per heavy atom. The van der Waals surface area contributed by atoms with E-state index in [-0.39, 0.29) is 43.3 Å². The van der Waals surface area contributed by atoms with Crippen molar-refractivity contribution in [3.63, 3.8) is 0 Å². The fourth-order valence-corrected chi connectivity index (χ4v) is 0. The summed E-state index contributed by atoms with van der Waals surface area (Å²) < 4.78 is 31.9. The zero-order valence-electron chi connectivity index (χ0n) is 2.92. The van der Waals surface area contributed by atoms with Crippen LogP contribution in [-0.2, 0) is 64.5 Å². The van der Waals surface area contributed by atoms with E-state index < -0.39 is 13.6 Å². The fraction of sp³-hybridized carbons (Fsp3) is 0. The molecule has 0 amide bonds. The van der Waals surface area contributed by atoms with Gasteiger partial charge < -0.3 is 0 Å². The second-order valence-corrected chi connectivity index (χ2v) is 1.85. The summed E-state index contributed by atoms with van der Waals surface area (Å²) in [6.45, 7) is 0. The molecule has 47 valence electrons. The Labute approximate surface area is 72.3 Å². The third kappa shape index (κ3) is 105. The molecule has 0 saturated carbocycles.